The normalized spacial score (nSPS) is 11.4. The Morgan fingerprint density at radius 2 is 2.08 bits per heavy atom. The highest BCUT2D eigenvalue weighted by atomic mass is 16.5. The van der Waals surface area contributed by atoms with E-state index < -0.39 is 0 Å². The van der Waals surface area contributed by atoms with Crippen LogP contribution in [0.1, 0.15) is 40.0 Å². The van der Waals surface area contributed by atoms with Gasteiger partial charge in [0, 0.05) is 20.1 Å². The second-order valence-corrected chi connectivity index (χ2v) is 3.78. The minimum atomic E-state index is -0.178. The summed E-state index contributed by atoms with van der Waals surface area (Å²) < 4.78 is 5.59. The molecule has 0 aromatic carbocycles. The predicted octanol–water partition coefficient (Wildman–Crippen LogP) is 1.72. The van der Waals surface area contributed by atoms with E-state index in [1.807, 2.05) is 13.8 Å². The summed E-state index contributed by atoms with van der Waals surface area (Å²) in [6, 6.07) is 0. The van der Waals surface area contributed by atoms with Crippen molar-refractivity contribution in [3.63, 3.8) is 0 Å². The fourth-order valence-corrected chi connectivity index (χ4v) is 0.990. The van der Waals surface area contributed by atoms with E-state index in [-0.39, 0.29) is 11.5 Å². The summed E-state index contributed by atoms with van der Waals surface area (Å²) in [7, 11) is 1.65. The van der Waals surface area contributed by atoms with Crippen molar-refractivity contribution < 1.29 is 9.53 Å². The number of nitrogens with one attached hydrogen (secondary N) is 1. The number of hydrogen-bond acceptors (Lipinski definition) is 2. The Morgan fingerprint density at radius 1 is 1.46 bits per heavy atom. The molecule has 13 heavy (non-hydrogen) atoms. The first kappa shape index (κ1) is 12.4. The second-order valence-electron chi connectivity index (χ2n) is 3.78. The standard InChI is InChI=1S/C10H21NO2/c1-5-8-13-10(2,3)7-6-9(12)11-4/h5-8H2,1-4H3,(H,11,12). The van der Waals surface area contributed by atoms with Gasteiger partial charge in [0.05, 0.1) is 5.60 Å². The van der Waals surface area contributed by atoms with Crippen LogP contribution in [0.25, 0.3) is 0 Å². The molecule has 0 atom stereocenters. The second kappa shape index (κ2) is 5.97. The van der Waals surface area contributed by atoms with Crippen molar-refractivity contribution in [2.24, 2.45) is 0 Å². The first-order valence-electron chi connectivity index (χ1n) is 4.86. The molecule has 0 saturated carbocycles. The molecule has 0 aliphatic rings. The van der Waals surface area contributed by atoms with Crippen LogP contribution >= 0.6 is 0 Å². The molecule has 78 valence electrons. The smallest absolute Gasteiger partial charge is 0.219 e. The fraction of sp³-hybridized carbons (Fsp3) is 0.900. The van der Waals surface area contributed by atoms with Gasteiger partial charge in [0.25, 0.3) is 0 Å². The third-order valence-electron chi connectivity index (χ3n) is 1.93. The highest BCUT2D eigenvalue weighted by Crippen LogP contribution is 2.16. The minimum absolute atomic E-state index is 0.0770. The van der Waals surface area contributed by atoms with Gasteiger partial charge in [-0.1, -0.05) is 6.92 Å². The van der Waals surface area contributed by atoms with E-state index in [2.05, 4.69) is 12.2 Å². The maximum atomic E-state index is 11.0. The zero-order valence-electron chi connectivity index (χ0n) is 9.14. The van der Waals surface area contributed by atoms with Gasteiger partial charge in [-0.05, 0) is 26.7 Å². The molecule has 1 amide bonds. The van der Waals surface area contributed by atoms with Crippen molar-refractivity contribution in [2.75, 3.05) is 13.7 Å². The Hall–Kier alpha value is -0.570. The molecule has 0 aliphatic heterocycles. The van der Waals surface area contributed by atoms with E-state index in [9.17, 15) is 4.79 Å². The van der Waals surface area contributed by atoms with Gasteiger partial charge < -0.3 is 10.1 Å². The highest BCUT2D eigenvalue weighted by molar-refractivity contribution is 5.75. The molecule has 0 aromatic rings. The lowest BCUT2D eigenvalue weighted by molar-refractivity contribution is -0.122. The van der Waals surface area contributed by atoms with Gasteiger partial charge in [-0.2, -0.15) is 0 Å². The van der Waals surface area contributed by atoms with Crippen LogP contribution in [0.3, 0.4) is 0 Å². The maximum Gasteiger partial charge on any atom is 0.219 e. The number of hydrogen-bond donors (Lipinski definition) is 1. The largest absolute Gasteiger partial charge is 0.376 e. The Labute approximate surface area is 80.8 Å². The molecular formula is C10H21NO2. The fourth-order valence-electron chi connectivity index (χ4n) is 0.990. The zero-order chi connectivity index (χ0) is 10.3. The van der Waals surface area contributed by atoms with Crippen molar-refractivity contribution in [3.8, 4) is 0 Å². The molecule has 0 unspecified atom stereocenters. The summed E-state index contributed by atoms with van der Waals surface area (Å²) in [6.45, 7) is 6.88. The average molecular weight is 187 g/mol. The van der Waals surface area contributed by atoms with Crippen LogP contribution in [0.2, 0.25) is 0 Å². The molecule has 0 aliphatic carbocycles. The zero-order valence-corrected chi connectivity index (χ0v) is 9.14. The lowest BCUT2D eigenvalue weighted by Crippen LogP contribution is -2.28. The van der Waals surface area contributed by atoms with Crippen LogP contribution < -0.4 is 5.32 Å². The topological polar surface area (TPSA) is 38.3 Å². The molecule has 0 radical (unpaired) electrons. The van der Waals surface area contributed by atoms with Crippen molar-refractivity contribution in [1.29, 1.82) is 0 Å². The average Bonchev–Trinajstić information content (AvgIpc) is 2.11. The van der Waals surface area contributed by atoms with Gasteiger partial charge in [-0.3, -0.25) is 4.79 Å². The summed E-state index contributed by atoms with van der Waals surface area (Å²) >= 11 is 0. The maximum absolute atomic E-state index is 11.0. The number of rotatable bonds is 6. The number of carbonyl (C=O) groups excluding carboxylic acids is 1. The first-order valence-corrected chi connectivity index (χ1v) is 4.86. The van der Waals surface area contributed by atoms with E-state index in [1.165, 1.54) is 0 Å². The number of amides is 1. The third-order valence-corrected chi connectivity index (χ3v) is 1.93. The van der Waals surface area contributed by atoms with Gasteiger partial charge in [0.15, 0.2) is 0 Å². The van der Waals surface area contributed by atoms with Crippen LogP contribution in [0.15, 0.2) is 0 Å². The van der Waals surface area contributed by atoms with Gasteiger partial charge in [-0.15, -0.1) is 0 Å². The van der Waals surface area contributed by atoms with Crippen molar-refractivity contribution in [2.45, 2.75) is 45.6 Å². The molecule has 0 heterocycles. The van der Waals surface area contributed by atoms with Crippen molar-refractivity contribution in [1.82, 2.24) is 5.32 Å². The summed E-state index contributed by atoms with van der Waals surface area (Å²) in [5.74, 6) is 0.0770. The van der Waals surface area contributed by atoms with Gasteiger partial charge in [0.2, 0.25) is 5.91 Å². The predicted molar refractivity (Wildman–Crippen MR) is 53.6 cm³/mol. The Kier molecular flexibility index (Phi) is 5.71. The first-order chi connectivity index (χ1) is 6.02. The van der Waals surface area contributed by atoms with Crippen molar-refractivity contribution >= 4 is 5.91 Å². The molecule has 3 nitrogen and oxygen atoms in total. The van der Waals surface area contributed by atoms with E-state index in [0.29, 0.717) is 6.42 Å². The van der Waals surface area contributed by atoms with E-state index in [1.54, 1.807) is 7.05 Å². The summed E-state index contributed by atoms with van der Waals surface area (Å²) in [5.41, 5.74) is -0.178. The van der Waals surface area contributed by atoms with E-state index in [4.69, 9.17) is 4.74 Å². The number of carbonyl (C=O) groups is 1. The Bertz CT molecular complexity index is 155. The summed E-state index contributed by atoms with van der Waals surface area (Å²) in [5, 5.41) is 2.60. The van der Waals surface area contributed by atoms with E-state index in [0.717, 1.165) is 19.4 Å². The van der Waals surface area contributed by atoms with Gasteiger partial charge in [-0.25, -0.2) is 0 Å². The van der Waals surface area contributed by atoms with Crippen LogP contribution in [-0.4, -0.2) is 25.2 Å². The minimum Gasteiger partial charge on any atom is -0.376 e. The van der Waals surface area contributed by atoms with Crippen LogP contribution in [-0.2, 0) is 9.53 Å². The molecule has 3 heteroatoms. The van der Waals surface area contributed by atoms with E-state index >= 15 is 0 Å². The third kappa shape index (κ3) is 6.58. The SMILES string of the molecule is CCCOC(C)(C)CCC(=O)NC. The van der Waals surface area contributed by atoms with Crippen LogP contribution in [0.5, 0.6) is 0 Å². The molecule has 0 rings (SSSR count). The molecule has 0 aromatic heterocycles. The lowest BCUT2D eigenvalue weighted by Gasteiger charge is -2.24. The van der Waals surface area contributed by atoms with Gasteiger partial charge in [0.1, 0.15) is 0 Å². The van der Waals surface area contributed by atoms with Crippen molar-refractivity contribution in [3.05, 3.63) is 0 Å². The molecule has 1 N–H and O–H groups in total. The summed E-state index contributed by atoms with van der Waals surface area (Å²) in [6.07, 6.45) is 2.32. The van der Waals surface area contributed by atoms with Crippen LogP contribution in [0, 0.1) is 0 Å². The molecule has 0 spiro atoms. The molecule has 0 saturated heterocycles. The molecule has 0 bridgehead atoms. The molecular weight excluding hydrogens is 166 g/mol. The van der Waals surface area contributed by atoms with Crippen LogP contribution in [0.4, 0.5) is 0 Å². The highest BCUT2D eigenvalue weighted by Gasteiger charge is 2.18. The molecule has 0 fully saturated rings. The Morgan fingerprint density at radius 3 is 2.54 bits per heavy atom. The summed E-state index contributed by atoms with van der Waals surface area (Å²) in [4.78, 5) is 11.0. The number of ether oxygens (including phenoxy) is 1. The quantitative estimate of drug-likeness (QED) is 0.687. The monoisotopic (exact) mass is 187 g/mol. The Balaban J connectivity index is 3.67. The lowest BCUT2D eigenvalue weighted by atomic mass is 10.0. The van der Waals surface area contributed by atoms with Gasteiger partial charge >= 0.3 is 0 Å².